The van der Waals surface area contributed by atoms with Crippen molar-refractivity contribution in [2.24, 2.45) is 11.8 Å². The number of carboxylic acids is 1. The van der Waals surface area contributed by atoms with Gasteiger partial charge in [0.2, 0.25) is 0 Å². The highest BCUT2D eigenvalue weighted by Gasteiger charge is 2.39. The van der Waals surface area contributed by atoms with Crippen molar-refractivity contribution >= 4 is 18.0 Å². The summed E-state index contributed by atoms with van der Waals surface area (Å²) in [6.45, 7) is 8.32. The highest BCUT2D eigenvalue weighted by atomic mass is 16.6. The van der Waals surface area contributed by atoms with E-state index in [9.17, 15) is 19.5 Å². The van der Waals surface area contributed by atoms with Crippen LogP contribution in [0, 0.1) is 11.8 Å². The molecule has 2 atom stereocenters. The molecule has 0 aromatic heterocycles. The van der Waals surface area contributed by atoms with Crippen LogP contribution >= 0.6 is 0 Å². The molecule has 0 saturated heterocycles. The minimum atomic E-state index is -1.36. The monoisotopic (exact) mass is 365 g/mol. The lowest BCUT2D eigenvalue weighted by Gasteiger charge is -2.27. The molecule has 0 spiro atoms. The van der Waals surface area contributed by atoms with Gasteiger partial charge in [-0.25, -0.2) is 9.59 Å². The Bertz CT molecular complexity index is 621. The molecule has 7 nitrogen and oxygen atoms in total. The molecule has 1 amide bonds. The number of carboxylic acid groups (broad SMARTS) is 1. The maximum Gasteiger partial charge on any atom is 0.408 e. The smallest absolute Gasteiger partial charge is 0.408 e. The summed E-state index contributed by atoms with van der Waals surface area (Å²) < 4.78 is 10.4. The summed E-state index contributed by atoms with van der Waals surface area (Å²) in [6.07, 6.45) is -0.869. The Hall–Kier alpha value is -2.57. The molecule has 1 aromatic carbocycles. The van der Waals surface area contributed by atoms with E-state index in [1.54, 1.807) is 58.9 Å². The van der Waals surface area contributed by atoms with E-state index in [1.807, 2.05) is 6.07 Å². The van der Waals surface area contributed by atoms with Gasteiger partial charge in [-0.2, -0.15) is 0 Å². The van der Waals surface area contributed by atoms with Crippen molar-refractivity contribution in [3.63, 3.8) is 0 Å². The zero-order chi connectivity index (χ0) is 19.9. The number of rotatable bonds is 7. The molecule has 0 saturated carbocycles. The predicted molar refractivity (Wildman–Crippen MR) is 95.4 cm³/mol. The average molecular weight is 365 g/mol. The van der Waals surface area contributed by atoms with Crippen LogP contribution in [-0.2, 0) is 25.7 Å². The zero-order valence-corrected chi connectivity index (χ0v) is 15.8. The summed E-state index contributed by atoms with van der Waals surface area (Å²) in [7, 11) is 0. The predicted octanol–water partition coefficient (Wildman–Crippen LogP) is 2.98. The Morgan fingerprint density at radius 3 is 2.15 bits per heavy atom. The van der Waals surface area contributed by atoms with E-state index in [0.717, 1.165) is 5.56 Å². The van der Waals surface area contributed by atoms with Gasteiger partial charge in [-0.1, -0.05) is 44.2 Å². The van der Waals surface area contributed by atoms with Crippen LogP contribution in [0.2, 0.25) is 0 Å². The van der Waals surface area contributed by atoms with E-state index in [2.05, 4.69) is 5.32 Å². The molecule has 1 aromatic rings. The second kappa shape index (κ2) is 9.22. The first-order valence-electron chi connectivity index (χ1n) is 8.44. The fourth-order valence-corrected chi connectivity index (χ4v) is 2.36. The van der Waals surface area contributed by atoms with Crippen LogP contribution < -0.4 is 5.32 Å². The number of amides is 1. The van der Waals surface area contributed by atoms with Gasteiger partial charge in [-0.15, -0.1) is 0 Å². The Morgan fingerprint density at radius 1 is 1.12 bits per heavy atom. The van der Waals surface area contributed by atoms with Crippen molar-refractivity contribution in [3.05, 3.63) is 35.9 Å². The molecule has 0 fully saturated rings. The van der Waals surface area contributed by atoms with Gasteiger partial charge in [0.25, 0.3) is 0 Å². The third-order valence-corrected chi connectivity index (χ3v) is 3.51. The molecule has 144 valence electrons. The maximum atomic E-state index is 12.5. The van der Waals surface area contributed by atoms with Gasteiger partial charge >= 0.3 is 18.0 Å². The van der Waals surface area contributed by atoms with Gasteiger partial charge in [0, 0.05) is 0 Å². The van der Waals surface area contributed by atoms with Crippen LogP contribution in [0.1, 0.15) is 40.2 Å². The first-order valence-corrected chi connectivity index (χ1v) is 8.44. The minimum absolute atomic E-state index is 0.0173. The number of esters is 1. The molecule has 0 aliphatic heterocycles. The summed E-state index contributed by atoms with van der Waals surface area (Å²) in [6, 6.07) is 7.63. The zero-order valence-electron chi connectivity index (χ0n) is 15.8. The minimum Gasteiger partial charge on any atom is -0.481 e. The number of hydrogen-bond acceptors (Lipinski definition) is 5. The fourth-order valence-electron chi connectivity index (χ4n) is 2.36. The molecule has 0 heterocycles. The number of ether oxygens (including phenoxy) is 2. The number of aliphatic carboxylic acids is 1. The van der Waals surface area contributed by atoms with E-state index in [-0.39, 0.29) is 6.61 Å². The molecule has 0 bridgehead atoms. The summed E-state index contributed by atoms with van der Waals surface area (Å²) in [4.78, 5) is 36.2. The van der Waals surface area contributed by atoms with Crippen LogP contribution in [0.15, 0.2) is 30.3 Å². The second-order valence-corrected chi connectivity index (χ2v) is 7.33. The lowest BCUT2D eigenvalue weighted by atomic mass is 9.88. The van der Waals surface area contributed by atoms with Crippen molar-refractivity contribution < 1.29 is 29.0 Å². The Morgan fingerprint density at radius 2 is 1.69 bits per heavy atom. The standard InChI is InChI=1S/C19H27NO6/c1-12(2)14(16(21)22)15(20-18(24)26-19(3,4)5)17(23)25-11-13-9-7-6-8-10-13/h6-10,12,14-15H,11H2,1-5H3,(H,20,24)(H,21,22)/t14?,15-/m0/s1. The summed E-state index contributed by atoms with van der Waals surface area (Å²) in [5.41, 5.74) is -0.0210. The number of nitrogens with one attached hydrogen (secondary N) is 1. The lowest BCUT2D eigenvalue weighted by Crippen LogP contribution is -2.52. The van der Waals surface area contributed by atoms with Crippen molar-refractivity contribution in [3.8, 4) is 0 Å². The molecular formula is C19H27NO6. The molecule has 7 heteroatoms. The first kappa shape index (κ1) is 21.5. The molecule has 0 aliphatic rings. The van der Waals surface area contributed by atoms with Crippen LogP contribution in [0.5, 0.6) is 0 Å². The molecule has 0 aliphatic carbocycles. The van der Waals surface area contributed by atoms with E-state index in [1.165, 1.54) is 0 Å². The Labute approximate surface area is 153 Å². The Kier molecular flexibility index (Phi) is 7.61. The number of carbonyl (C=O) groups is 3. The lowest BCUT2D eigenvalue weighted by molar-refractivity contribution is -0.157. The summed E-state index contributed by atoms with van der Waals surface area (Å²) in [5, 5.41) is 11.8. The van der Waals surface area contributed by atoms with Gasteiger partial charge in [0.1, 0.15) is 18.2 Å². The largest absolute Gasteiger partial charge is 0.481 e. The number of benzene rings is 1. The number of alkyl carbamates (subject to hydrolysis) is 1. The first-order chi connectivity index (χ1) is 12.0. The summed E-state index contributed by atoms with van der Waals surface area (Å²) >= 11 is 0. The third kappa shape index (κ3) is 7.13. The molecule has 1 rings (SSSR count). The second-order valence-electron chi connectivity index (χ2n) is 7.33. The van der Waals surface area contributed by atoms with Crippen molar-refractivity contribution in [1.82, 2.24) is 5.32 Å². The molecule has 26 heavy (non-hydrogen) atoms. The van der Waals surface area contributed by atoms with Gasteiger partial charge in [-0.3, -0.25) is 4.79 Å². The summed E-state index contributed by atoms with van der Waals surface area (Å²) in [5.74, 6) is -3.57. The van der Waals surface area contributed by atoms with Gasteiger partial charge < -0.3 is 19.9 Å². The molecule has 1 unspecified atom stereocenters. The van der Waals surface area contributed by atoms with Crippen LogP contribution in [0.4, 0.5) is 4.79 Å². The van der Waals surface area contributed by atoms with E-state index < -0.39 is 41.5 Å². The van der Waals surface area contributed by atoms with E-state index in [0.29, 0.717) is 0 Å². The third-order valence-electron chi connectivity index (χ3n) is 3.51. The quantitative estimate of drug-likeness (QED) is 0.720. The van der Waals surface area contributed by atoms with Crippen molar-refractivity contribution in [2.75, 3.05) is 0 Å². The fraction of sp³-hybridized carbons (Fsp3) is 0.526. The van der Waals surface area contributed by atoms with Crippen LogP contribution in [-0.4, -0.2) is 34.8 Å². The highest BCUT2D eigenvalue weighted by molar-refractivity contribution is 5.87. The van der Waals surface area contributed by atoms with Gasteiger partial charge in [-0.05, 0) is 32.3 Å². The molecular weight excluding hydrogens is 338 g/mol. The molecule has 2 N–H and O–H groups in total. The number of hydrogen-bond donors (Lipinski definition) is 2. The maximum absolute atomic E-state index is 12.5. The van der Waals surface area contributed by atoms with Crippen LogP contribution in [0.3, 0.4) is 0 Å². The van der Waals surface area contributed by atoms with Crippen LogP contribution in [0.25, 0.3) is 0 Å². The molecule has 0 radical (unpaired) electrons. The normalized spacial score (nSPS) is 13.6. The van der Waals surface area contributed by atoms with Crippen molar-refractivity contribution in [2.45, 2.75) is 52.9 Å². The van der Waals surface area contributed by atoms with E-state index >= 15 is 0 Å². The van der Waals surface area contributed by atoms with Gasteiger partial charge in [0.05, 0.1) is 5.92 Å². The van der Waals surface area contributed by atoms with Crippen molar-refractivity contribution in [1.29, 1.82) is 0 Å². The van der Waals surface area contributed by atoms with E-state index in [4.69, 9.17) is 9.47 Å². The Balaban J connectivity index is 2.92. The average Bonchev–Trinajstić information content (AvgIpc) is 2.50. The number of carbonyl (C=O) groups excluding carboxylic acids is 2. The topological polar surface area (TPSA) is 102 Å². The SMILES string of the molecule is CC(C)C(C(=O)O)[C@H](NC(=O)OC(C)(C)C)C(=O)OCc1ccccc1. The highest BCUT2D eigenvalue weighted by Crippen LogP contribution is 2.19. The van der Waals surface area contributed by atoms with Gasteiger partial charge in [0.15, 0.2) is 0 Å².